The molecule has 0 amide bonds. The molecule has 64 valence electrons. The molecule has 0 fully saturated rings. The van der Waals surface area contributed by atoms with Gasteiger partial charge in [0.15, 0.2) is 0 Å². The van der Waals surface area contributed by atoms with Crippen molar-refractivity contribution in [2.75, 3.05) is 7.11 Å². The van der Waals surface area contributed by atoms with Crippen molar-refractivity contribution in [1.29, 1.82) is 0 Å². The molecule has 0 unspecified atom stereocenters. The van der Waals surface area contributed by atoms with Crippen LogP contribution in [0.5, 0.6) is 0 Å². The van der Waals surface area contributed by atoms with E-state index in [1.165, 1.54) is 13.1 Å². The summed E-state index contributed by atoms with van der Waals surface area (Å²) in [6.45, 7) is 2.88. The fraction of sp³-hybridized carbons (Fsp3) is 0.600. The van der Waals surface area contributed by atoms with Gasteiger partial charge in [-0.25, -0.2) is 0 Å². The smallest absolute Gasteiger partial charge is 0.411 e. The number of aliphatic hydroxyl groups excluding tert-OH is 1. The van der Waals surface area contributed by atoms with Crippen LogP contribution in [0.25, 0.3) is 0 Å². The molecule has 0 aliphatic heterocycles. The minimum absolute atomic E-state index is 0. The zero-order valence-electron chi connectivity index (χ0n) is 7.34. The maximum atomic E-state index is 8.22. The zero-order valence-corrected chi connectivity index (χ0v) is 10.8. The van der Waals surface area contributed by atoms with Crippen molar-refractivity contribution < 1.29 is 40.9 Å². The molecule has 3 N–H and O–H groups in total. The van der Waals surface area contributed by atoms with Crippen LogP contribution in [0.15, 0.2) is 0 Å². The van der Waals surface area contributed by atoms with Crippen molar-refractivity contribution >= 4 is 8.56 Å². The van der Waals surface area contributed by atoms with Crippen LogP contribution in [0.3, 0.4) is 0 Å². The summed E-state index contributed by atoms with van der Waals surface area (Å²) in [4.78, 5) is 16.4. The molecule has 0 saturated heterocycles. The molecule has 0 aliphatic carbocycles. The van der Waals surface area contributed by atoms with E-state index in [1.807, 2.05) is 0 Å². The largest absolute Gasteiger partial charge is 2.00 e. The summed E-state index contributed by atoms with van der Waals surface area (Å²) in [5, 5.41) is 7.00. The van der Waals surface area contributed by atoms with Crippen LogP contribution in [0.1, 0.15) is 0 Å². The van der Waals surface area contributed by atoms with Gasteiger partial charge in [0.25, 0.3) is 0 Å². The van der Waals surface area contributed by atoms with Crippen LogP contribution < -0.4 is 0 Å². The van der Waals surface area contributed by atoms with Crippen LogP contribution in [-0.4, -0.2) is 30.4 Å². The predicted molar refractivity (Wildman–Crippen MR) is 42.9 cm³/mol. The monoisotopic (exact) mass is 244 g/mol. The van der Waals surface area contributed by atoms with Gasteiger partial charge in [0, 0.05) is 7.11 Å². The summed E-state index contributed by atoms with van der Waals surface area (Å²) < 4.78 is 0. The first-order valence-corrected chi connectivity index (χ1v) is 4.79. The maximum absolute atomic E-state index is 8.22. The van der Waals surface area contributed by atoms with Gasteiger partial charge in [-0.3, -0.25) is 0 Å². The predicted octanol–water partition coefficient (Wildman–Crippen LogP) is 0.179. The Kier molecular flexibility index (Phi) is 50.5. The number of hydrogen-bond acceptors (Lipinski definition) is 3. The van der Waals surface area contributed by atoms with Crippen molar-refractivity contribution in [3.05, 3.63) is 14.9 Å². The minimum Gasteiger partial charge on any atom is -0.411 e. The number of rotatable bonds is 0. The van der Waals surface area contributed by atoms with E-state index in [4.69, 9.17) is 14.7 Å². The molecule has 0 bridgehead atoms. The quantitative estimate of drug-likeness (QED) is 0.421. The van der Waals surface area contributed by atoms with E-state index in [0.717, 1.165) is 7.11 Å². The van der Waals surface area contributed by atoms with Gasteiger partial charge in [-0.15, -0.1) is 0 Å². The third-order valence-corrected chi connectivity index (χ3v) is 0. The molecule has 0 rings (SSSR count). The Hall–Kier alpha value is 0.980. The van der Waals surface area contributed by atoms with Crippen molar-refractivity contribution in [3.8, 4) is 0 Å². The van der Waals surface area contributed by atoms with Crippen molar-refractivity contribution in [2.45, 2.75) is 13.1 Å². The molecule has 0 atom stereocenters. The molecule has 5 heteroatoms. The van der Waals surface area contributed by atoms with E-state index < -0.39 is 8.56 Å². The Bertz CT molecular complexity index is 32.4. The summed E-state index contributed by atoms with van der Waals surface area (Å²) >= 11 is 0. The Morgan fingerprint density at radius 1 is 0.900 bits per heavy atom. The summed E-state index contributed by atoms with van der Waals surface area (Å²) in [6.07, 6.45) is 0. The third-order valence-electron chi connectivity index (χ3n) is 0. The number of hydrogen-bond donors (Lipinski definition) is 3. The molecule has 0 radical (unpaired) electrons. The summed E-state index contributed by atoms with van der Waals surface area (Å²) in [6, 6.07) is 0. The SMILES string of the molecule is CO.C[Si](C)(O)O.[CH3-].[CH3-].[Zr+2]. The van der Waals surface area contributed by atoms with E-state index in [9.17, 15) is 0 Å². The van der Waals surface area contributed by atoms with Gasteiger partial charge < -0.3 is 29.6 Å². The van der Waals surface area contributed by atoms with Gasteiger partial charge in [0.2, 0.25) is 0 Å². The molecule has 0 spiro atoms. The first-order valence-electron chi connectivity index (χ1n) is 1.89. The zero-order chi connectivity index (χ0) is 6.50. The van der Waals surface area contributed by atoms with Crippen LogP contribution in [-0.2, 0) is 26.2 Å². The van der Waals surface area contributed by atoms with Gasteiger partial charge in [0.1, 0.15) is 0 Å². The fourth-order valence-electron chi connectivity index (χ4n) is 0. The van der Waals surface area contributed by atoms with Crippen molar-refractivity contribution in [2.24, 2.45) is 0 Å². The van der Waals surface area contributed by atoms with Crippen molar-refractivity contribution in [3.63, 3.8) is 0 Å². The van der Waals surface area contributed by atoms with Crippen LogP contribution in [0, 0.1) is 14.9 Å². The Morgan fingerprint density at radius 2 is 0.900 bits per heavy atom. The summed E-state index contributed by atoms with van der Waals surface area (Å²) in [5.74, 6) is 0. The van der Waals surface area contributed by atoms with Crippen molar-refractivity contribution in [1.82, 2.24) is 0 Å². The Labute approximate surface area is 84.5 Å². The molecule has 0 aromatic carbocycles. The van der Waals surface area contributed by atoms with Gasteiger partial charge in [-0.2, -0.15) is 0 Å². The molecule has 0 aliphatic rings. The molecule has 10 heavy (non-hydrogen) atoms. The van der Waals surface area contributed by atoms with Gasteiger partial charge in [-0.05, 0) is 13.1 Å². The summed E-state index contributed by atoms with van der Waals surface area (Å²) in [7, 11) is -1.61. The molecule has 0 aromatic rings. The van der Waals surface area contributed by atoms with E-state index in [1.54, 1.807) is 0 Å². The molecular formula is C5H18O3SiZr. The average Bonchev–Trinajstić information content (AvgIpc) is 1.36. The first kappa shape index (κ1) is 30.6. The van der Waals surface area contributed by atoms with Crippen LogP contribution in [0.2, 0.25) is 13.1 Å². The minimum atomic E-state index is -2.61. The number of aliphatic hydroxyl groups is 1. The second-order valence-corrected chi connectivity index (χ2v) is 4.48. The van der Waals surface area contributed by atoms with E-state index >= 15 is 0 Å². The topological polar surface area (TPSA) is 60.7 Å². The molecule has 0 aromatic heterocycles. The van der Waals surface area contributed by atoms with E-state index in [2.05, 4.69) is 0 Å². The summed E-state index contributed by atoms with van der Waals surface area (Å²) in [5.41, 5.74) is 0. The van der Waals surface area contributed by atoms with Gasteiger partial charge in [0.05, 0.1) is 0 Å². The van der Waals surface area contributed by atoms with Gasteiger partial charge >= 0.3 is 34.8 Å². The molecular weight excluding hydrogens is 227 g/mol. The normalized spacial score (nSPS) is 6.60. The molecule has 3 nitrogen and oxygen atoms in total. The second-order valence-electron chi connectivity index (χ2n) is 1.49. The third kappa shape index (κ3) is 595. The van der Waals surface area contributed by atoms with Crippen LogP contribution in [0.4, 0.5) is 0 Å². The van der Waals surface area contributed by atoms with E-state index in [-0.39, 0.29) is 41.1 Å². The molecule has 0 heterocycles. The Balaban J connectivity index is -0.0000000154. The fourth-order valence-corrected chi connectivity index (χ4v) is 0. The average molecular weight is 246 g/mol. The maximum Gasteiger partial charge on any atom is 2.00 e. The standard InChI is InChI=1S/C2H8O2Si.CH4O.2CH3.Zr/c1-5(2,3)4;1-2;;;/h3-4H,1-2H3;2H,1H3;2*1H3;/q;;2*-1;+2. The van der Waals surface area contributed by atoms with Gasteiger partial charge in [-0.1, -0.05) is 0 Å². The van der Waals surface area contributed by atoms with Crippen LogP contribution >= 0.6 is 0 Å². The Morgan fingerprint density at radius 3 is 0.900 bits per heavy atom. The second kappa shape index (κ2) is 16.5. The van der Waals surface area contributed by atoms with E-state index in [0.29, 0.717) is 0 Å². The molecule has 0 saturated carbocycles. The first-order chi connectivity index (χ1) is 3.00.